The first-order valence-electron chi connectivity index (χ1n) is 5.99. The number of esters is 1. The molecule has 6 nitrogen and oxygen atoms in total. The van der Waals surface area contributed by atoms with Crippen LogP contribution >= 0.6 is 0 Å². The van der Waals surface area contributed by atoms with Crippen molar-refractivity contribution in [3.8, 4) is 5.75 Å². The largest absolute Gasteiger partial charge is 0.495 e. The number of hydrogen-bond donors (Lipinski definition) is 2. The van der Waals surface area contributed by atoms with Crippen LogP contribution in [0.2, 0.25) is 0 Å². The van der Waals surface area contributed by atoms with Crippen LogP contribution in [-0.4, -0.2) is 31.6 Å². The highest BCUT2D eigenvalue weighted by atomic mass is 16.5. The number of carbonyl (C=O) groups is 2. The lowest BCUT2D eigenvalue weighted by atomic mass is 10.2. The predicted octanol–water partition coefficient (Wildman–Crippen LogP) is 1.38. The Morgan fingerprint density at radius 2 is 2.26 bits per heavy atom. The Labute approximate surface area is 111 Å². The Morgan fingerprint density at radius 3 is 2.84 bits per heavy atom. The van der Waals surface area contributed by atoms with Crippen molar-refractivity contribution in [3.63, 3.8) is 0 Å². The van der Waals surface area contributed by atoms with Crippen LogP contribution in [0.3, 0.4) is 0 Å². The van der Waals surface area contributed by atoms with Gasteiger partial charge in [-0.25, -0.2) is 4.79 Å². The van der Waals surface area contributed by atoms with Crippen molar-refractivity contribution in [2.24, 2.45) is 0 Å². The van der Waals surface area contributed by atoms with E-state index >= 15 is 0 Å². The van der Waals surface area contributed by atoms with Gasteiger partial charge in [0.05, 0.1) is 19.4 Å². The number of cyclic esters (lactones) is 1. The van der Waals surface area contributed by atoms with Crippen LogP contribution < -0.4 is 15.4 Å². The molecule has 1 aromatic rings. The van der Waals surface area contributed by atoms with Gasteiger partial charge in [-0.1, -0.05) is 0 Å². The lowest BCUT2D eigenvalue weighted by Gasteiger charge is -2.15. The molecule has 1 aliphatic heterocycles. The fraction of sp³-hybridized carbons (Fsp3) is 0.385. The average molecular weight is 264 g/mol. The van der Waals surface area contributed by atoms with Crippen LogP contribution in [0, 0.1) is 0 Å². The van der Waals surface area contributed by atoms with Gasteiger partial charge in [0.1, 0.15) is 11.8 Å². The number of ether oxygens (including phenoxy) is 2. The summed E-state index contributed by atoms with van der Waals surface area (Å²) in [6, 6.07) is 4.82. The van der Waals surface area contributed by atoms with E-state index in [1.165, 1.54) is 6.92 Å². The highest BCUT2D eigenvalue weighted by Gasteiger charge is 2.27. The zero-order valence-electron chi connectivity index (χ0n) is 10.9. The molecule has 102 valence electrons. The molecule has 0 saturated carbocycles. The monoisotopic (exact) mass is 264 g/mol. The van der Waals surface area contributed by atoms with E-state index in [1.807, 2.05) is 0 Å². The Hall–Kier alpha value is -2.24. The minimum atomic E-state index is -0.374. The van der Waals surface area contributed by atoms with Gasteiger partial charge in [0.15, 0.2) is 0 Å². The maximum absolute atomic E-state index is 11.4. The van der Waals surface area contributed by atoms with Crippen LogP contribution in [0.1, 0.15) is 13.3 Å². The number of rotatable bonds is 4. The Morgan fingerprint density at radius 1 is 1.47 bits per heavy atom. The van der Waals surface area contributed by atoms with E-state index in [4.69, 9.17) is 9.47 Å². The summed E-state index contributed by atoms with van der Waals surface area (Å²) in [4.78, 5) is 22.5. The third kappa shape index (κ3) is 3.15. The fourth-order valence-corrected chi connectivity index (χ4v) is 1.92. The fourth-order valence-electron chi connectivity index (χ4n) is 1.92. The van der Waals surface area contributed by atoms with E-state index in [1.54, 1.807) is 25.3 Å². The van der Waals surface area contributed by atoms with Gasteiger partial charge in [0.2, 0.25) is 5.91 Å². The van der Waals surface area contributed by atoms with Gasteiger partial charge in [-0.15, -0.1) is 0 Å². The van der Waals surface area contributed by atoms with Crippen LogP contribution in [0.4, 0.5) is 11.4 Å². The quantitative estimate of drug-likeness (QED) is 0.803. The molecule has 0 aliphatic carbocycles. The van der Waals surface area contributed by atoms with Crippen molar-refractivity contribution in [1.82, 2.24) is 0 Å². The second-order valence-electron chi connectivity index (χ2n) is 4.25. The van der Waals surface area contributed by atoms with Crippen molar-refractivity contribution in [2.45, 2.75) is 19.4 Å². The number of anilines is 2. The molecule has 0 unspecified atom stereocenters. The smallest absolute Gasteiger partial charge is 0.328 e. The van der Waals surface area contributed by atoms with Gasteiger partial charge in [-0.2, -0.15) is 0 Å². The van der Waals surface area contributed by atoms with Gasteiger partial charge < -0.3 is 20.1 Å². The van der Waals surface area contributed by atoms with Crippen molar-refractivity contribution in [3.05, 3.63) is 18.2 Å². The van der Waals surface area contributed by atoms with Gasteiger partial charge in [0, 0.05) is 19.0 Å². The number of methoxy groups -OCH3 is 1. The number of nitrogens with one attached hydrogen (secondary N) is 2. The Kier molecular flexibility index (Phi) is 3.89. The van der Waals surface area contributed by atoms with Crippen LogP contribution in [0.15, 0.2) is 18.2 Å². The second-order valence-corrected chi connectivity index (χ2v) is 4.25. The molecule has 0 aromatic heterocycles. The summed E-state index contributed by atoms with van der Waals surface area (Å²) in [5.41, 5.74) is 1.29. The third-order valence-corrected chi connectivity index (χ3v) is 2.78. The molecule has 19 heavy (non-hydrogen) atoms. The number of carbonyl (C=O) groups excluding carboxylic acids is 2. The minimum absolute atomic E-state index is 0.156. The average Bonchev–Trinajstić information content (AvgIpc) is 2.75. The zero-order chi connectivity index (χ0) is 13.8. The molecule has 2 N–H and O–H groups in total. The summed E-state index contributed by atoms with van der Waals surface area (Å²) < 4.78 is 10.1. The first-order chi connectivity index (χ1) is 9.10. The standard InChI is InChI=1S/C13H16N2O4/c1-8(16)14-9-3-4-12(18-2)11(7-9)15-10-5-6-19-13(10)17/h3-4,7,10,15H,5-6H2,1-2H3,(H,14,16)/t10-/m1/s1. The maximum Gasteiger partial charge on any atom is 0.328 e. The summed E-state index contributed by atoms with van der Waals surface area (Å²) >= 11 is 0. The SMILES string of the molecule is COc1ccc(NC(C)=O)cc1N[C@@H]1CCOC1=O. The van der Waals surface area contributed by atoms with Gasteiger partial charge >= 0.3 is 5.97 Å². The molecule has 1 fully saturated rings. The third-order valence-electron chi connectivity index (χ3n) is 2.78. The second kappa shape index (κ2) is 5.60. The molecule has 1 aliphatic rings. The van der Waals surface area contributed by atoms with Crippen molar-refractivity contribution in [1.29, 1.82) is 0 Å². The first-order valence-corrected chi connectivity index (χ1v) is 5.99. The van der Waals surface area contributed by atoms with E-state index in [0.717, 1.165) is 0 Å². The zero-order valence-corrected chi connectivity index (χ0v) is 10.9. The van der Waals surface area contributed by atoms with Gasteiger partial charge in [0.25, 0.3) is 0 Å². The predicted molar refractivity (Wildman–Crippen MR) is 70.3 cm³/mol. The molecule has 1 atom stereocenters. The molecular formula is C13H16N2O4. The van der Waals surface area contributed by atoms with Crippen LogP contribution in [-0.2, 0) is 14.3 Å². The lowest BCUT2D eigenvalue weighted by Crippen LogP contribution is -2.24. The highest BCUT2D eigenvalue weighted by molar-refractivity contribution is 5.90. The molecule has 1 heterocycles. The van der Waals surface area contributed by atoms with Crippen molar-refractivity contribution >= 4 is 23.3 Å². The molecule has 1 saturated heterocycles. The first kappa shape index (κ1) is 13.2. The van der Waals surface area contributed by atoms with Crippen LogP contribution in [0.25, 0.3) is 0 Å². The summed E-state index contributed by atoms with van der Waals surface area (Å²) in [5.74, 6) is 0.178. The van der Waals surface area contributed by atoms with Crippen molar-refractivity contribution < 1.29 is 19.1 Å². The van der Waals surface area contributed by atoms with Crippen molar-refractivity contribution in [2.75, 3.05) is 24.4 Å². The molecule has 0 radical (unpaired) electrons. The van der Waals surface area contributed by atoms with E-state index in [2.05, 4.69) is 10.6 Å². The highest BCUT2D eigenvalue weighted by Crippen LogP contribution is 2.29. The maximum atomic E-state index is 11.4. The van der Waals surface area contributed by atoms with Crippen LogP contribution in [0.5, 0.6) is 5.75 Å². The summed E-state index contributed by atoms with van der Waals surface area (Å²) in [6.45, 7) is 1.86. The molecule has 1 amide bonds. The number of hydrogen-bond acceptors (Lipinski definition) is 5. The van der Waals surface area contributed by atoms with E-state index in [0.29, 0.717) is 30.2 Å². The Balaban J connectivity index is 2.20. The van der Waals surface area contributed by atoms with Gasteiger partial charge in [-0.05, 0) is 18.2 Å². The number of amides is 1. The summed E-state index contributed by atoms with van der Waals surface area (Å²) in [7, 11) is 1.55. The van der Waals surface area contributed by atoms with Gasteiger partial charge in [-0.3, -0.25) is 4.79 Å². The Bertz CT molecular complexity index is 501. The minimum Gasteiger partial charge on any atom is -0.495 e. The summed E-state index contributed by atoms with van der Waals surface area (Å²) in [6.07, 6.45) is 0.617. The molecule has 2 rings (SSSR count). The van der Waals surface area contributed by atoms with E-state index in [-0.39, 0.29) is 17.9 Å². The van der Waals surface area contributed by atoms with E-state index in [9.17, 15) is 9.59 Å². The molecule has 0 bridgehead atoms. The normalized spacial score (nSPS) is 17.8. The molecule has 1 aromatic carbocycles. The molecule has 6 heteroatoms. The lowest BCUT2D eigenvalue weighted by molar-refractivity contribution is -0.138. The molecular weight excluding hydrogens is 248 g/mol. The van der Waals surface area contributed by atoms with E-state index < -0.39 is 0 Å². The topological polar surface area (TPSA) is 76.7 Å². The summed E-state index contributed by atoms with van der Waals surface area (Å²) in [5, 5.41) is 5.75. The number of benzene rings is 1. The molecule has 0 spiro atoms.